The van der Waals surface area contributed by atoms with Crippen molar-refractivity contribution in [3.8, 4) is 0 Å². The van der Waals surface area contributed by atoms with Crippen molar-refractivity contribution in [2.75, 3.05) is 36.5 Å². The van der Waals surface area contributed by atoms with Gasteiger partial charge in [-0.3, -0.25) is 0 Å². The summed E-state index contributed by atoms with van der Waals surface area (Å²) in [6.45, 7) is 4.72. The number of alkyl halides is 3. The first kappa shape index (κ1) is 20.1. The minimum Gasteiger partial charge on any atom is -0.376 e. The highest BCUT2D eigenvalue weighted by Crippen LogP contribution is 2.31. The van der Waals surface area contributed by atoms with Crippen LogP contribution in [0.2, 0.25) is 0 Å². The molecular weight excluding hydrogens is 379 g/mol. The molecular formula is C17H24F3N5OS. The van der Waals surface area contributed by atoms with Crippen molar-refractivity contribution in [3.63, 3.8) is 0 Å². The maximum Gasteiger partial charge on any atom is 0.433 e. The third-order valence-corrected chi connectivity index (χ3v) is 5.10. The summed E-state index contributed by atoms with van der Waals surface area (Å²) in [4.78, 5) is 9.73. The van der Waals surface area contributed by atoms with Gasteiger partial charge in [-0.2, -0.15) is 18.2 Å². The average Bonchev–Trinajstić information content (AvgIpc) is 3.13. The number of hydrogen-bond donors (Lipinski definition) is 2. The first-order valence-electron chi connectivity index (χ1n) is 9.19. The lowest BCUT2D eigenvalue weighted by molar-refractivity contribution is -0.141. The maximum absolute atomic E-state index is 13.3. The van der Waals surface area contributed by atoms with E-state index in [1.165, 1.54) is 0 Å². The lowest BCUT2D eigenvalue weighted by Crippen LogP contribution is -2.36. The Labute approximate surface area is 161 Å². The molecule has 0 amide bonds. The van der Waals surface area contributed by atoms with Crippen LogP contribution in [0.3, 0.4) is 0 Å². The van der Waals surface area contributed by atoms with Gasteiger partial charge in [0, 0.05) is 32.3 Å². The number of thiocarbonyl (C=S) groups is 1. The highest BCUT2D eigenvalue weighted by Gasteiger charge is 2.34. The summed E-state index contributed by atoms with van der Waals surface area (Å²) in [7, 11) is 0. The SMILES string of the molecule is CC1CCN(c2cc(C(F)(F)F)nc(NC(=S)NC[C@H]3CCCO3)n2)CC1. The van der Waals surface area contributed by atoms with Gasteiger partial charge in [-0.05, 0) is 43.8 Å². The van der Waals surface area contributed by atoms with E-state index in [0.29, 0.717) is 25.6 Å². The number of ether oxygens (including phenoxy) is 1. The monoisotopic (exact) mass is 403 g/mol. The molecule has 3 heterocycles. The van der Waals surface area contributed by atoms with Gasteiger partial charge >= 0.3 is 6.18 Å². The van der Waals surface area contributed by atoms with Crippen molar-refractivity contribution in [2.24, 2.45) is 5.92 Å². The molecule has 1 aromatic rings. The van der Waals surface area contributed by atoms with Crippen LogP contribution in [-0.4, -0.2) is 47.4 Å². The van der Waals surface area contributed by atoms with E-state index in [4.69, 9.17) is 17.0 Å². The van der Waals surface area contributed by atoms with E-state index in [-0.39, 0.29) is 23.0 Å². The molecule has 2 N–H and O–H groups in total. The van der Waals surface area contributed by atoms with E-state index in [1.54, 1.807) is 0 Å². The summed E-state index contributed by atoms with van der Waals surface area (Å²) < 4.78 is 45.3. The molecule has 150 valence electrons. The Morgan fingerprint density at radius 3 is 2.67 bits per heavy atom. The Bertz CT molecular complexity index is 658. The Balaban J connectivity index is 1.70. The zero-order valence-electron chi connectivity index (χ0n) is 15.2. The second kappa shape index (κ2) is 8.55. The van der Waals surface area contributed by atoms with Crippen molar-refractivity contribution >= 4 is 29.1 Å². The molecule has 2 saturated heterocycles. The first-order chi connectivity index (χ1) is 12.8. The molecule has 0 radical (unpaired) electrons. The van der Waals surface area contributed by atoms with Crippen molar-refractivity contribution in [2.45, 2.75) is 44.9 Å². The molecule has 0 bridgehead atoms. The van der Waals surface area contributed by atoms with Gasteiger partial charge in [-0.25, -0.2) is 4.98 Å². The molecule has 0 aromatic carbocycles. The smallest absolute Gasteiger partial charge is 0.376 e. The summed E-state index contributed by atoms with van der Waals surface area (Å²) in [6.07, 6.45) is -0.693. The number of piperidine rings is 1. The highest BCUT2D eigenvalue weighted by atomic mass is 32.1. The van der Waals surface area contributed by atoms with Gasteiger partial charge in [0.1, 0.15) is 5.82 Å². The van der Waals surface area contributed by atoms with Crippen LogP contribution in [0, 0.1) is 5.92 Å². The van der Waals surface area contributed by atoms with Crippen LogP contribution >= 0.6 is 12.2 Å². The fourth-order valence-electron chi connectivity index (χ4n) is 3.19. The van der Waals surface area contributed by atoms with Crippen molar-refractivity contribution in [3.05, 3.63) is 11.8 Å². The molecule has 0 spiro atoms. The summed E-state index contributed by atoms with van der Waals surface area (Å²) in [5, 5.41) is 5.82. The van der Waals surface area contributed by atoms with Gasteiger partial charge in [0.25, 0.3) is 0 Å². The molecule has 2 fully saturated rings. The van der Waals surface area contributed by atoms with Gasteiger partial charge in [0.2, 0.25) is 5.95 Å². The van der Waals surface area contributed by atoms with Crippen molar-refractivity contribution in [1.29, 1.82) is 0 Å². The normalized spacial score (nSPS) is 21.3. The average molecular weight is 403 g/mol. The van der Waals surface area contributed by atoms with Crippen LogP contribution in [-0.2, 0) is 10.9 Å². The summed E-state index contributed by atoms with van der Waals surface area (Å²) in [5.74, 6) is 0.689. The molecule has 2 aliphatic heterocycles. The number of nitrogens with zero attached hydrogens (tertiary/aromatic N) is 3. The summed E-state index contributed by atoms with van der Waals surface area (Å²) in [5.41, 5.74) is -0.976. The third kappa shape index (κ3) is 5.65. The fourth-order valence-corrected chi connectivity index (χ4v) is 3.37. The molecule has 2 aliphatic rings. The lowest BCUT2D eigenvalue weighted by atomic mass is 9.99. The largest absolute Gasteiger partial charge is 0.433 e. The second-order valence-electron chi connectivity index (χ2n) is 7.07. The Morgan fingerprint density at radius 1 is 1.30 bits per heavy atom. The van der Waals surface area contributed by atoms with E-state index in [9.17, 15) is 13.2 Å². The molecule has 6 nitrogen and oxygen atoms in total. The number of anilines is 2. The van der Waals surface area contributed by atoms with Crippen LogP contribution in [0.4, 0.5) is 24.9 Å². The van der Waals surface area contributed by atoms with Gasteiger partial charge in [-0.15, -0.1) is 0 Å². The molecule has 27 heavy (non-hydrogen) atoms. The third-order valence-electron chi connectivity index (χ3n) is 4.85. The minimum atomic E-state index is -4.55. The Morgan fingerprint density at radius 2 is 2.04 bits per heavy atom. The topological polar surface area (TPSA) is 62.3 Å². The summed E-state index contributed by atoms with van der Waals surface area (Å²) in [6, 6.07) is 1.00. The number of rotatable bonds is 4. The molecule has 0 saturated carbocycles. The van der Waals surface area contributed by atoms with Gasteiger partial charge < -0.3 is 20.3 Å². The van der Waals surface area contributed by atoms with Crippen molar-refractivity contribution in [1.82, 2.24) is 15.3 Å². The van der Waals surface area contributed by atoms with Crippen LogP contribution in [0.1, 0.15) is 38.3 Å². The summed E-state index contributed by atoms with van der Waals surface area (Å²) >= 11 is 5.17. The first-order valence-corrected chi connectivity index (χ1v) is 9.60. The molecule has 0 unspecified atom stereocenters. The molecule has 0 aliphatic carbocycles. The Hall–Kier alpha value is -1.68. The van der Waals surface area contributed by atoms with Crippen LogP contribution in [0.15, 0.2) is 6.07 Å². The predicted octanol–water partition coefficient (Wildman–Crippen LogP) is 3.20. The number of nitrogens with one attached hydrogen (secondary N) is 2. The maximum atomic E-state index is 13.3. The molecule has 10 heteroatoms. The van der Waals surface area contributed by atoms with Gasteiger partial charge in [0.05, 0.1) is 6.10 Å². The minimum absolute atomic E-state index is 0.0677. The van der Waals surface area contributed by atoms with Crippen molar-refractivity contribution < 1.29 is 17.9 Å². The highest BCUT2D eigenvalue weighted by molar-refractivity contribution is 7.80. The number of aromatic nitrogens is 2. The standard InChI is InChI=1S/C17H24F3N5OS/c1-11-4-6-25(7-5-11)14-9-13(17(18,19)20)22-15(23-14)24-16(27)21-10-12-3-2-8-26-12/h9,11-12H,2-8,10H2,1H3,(H2,21,22,23,24,27)/t12-/m1/s1. The van der Waals surface area contributed by atoms with Gasteiger partial charge in [-0.1, -0.05) is 6.92 Å². The van der Waals surface area contributed by atoms with Crippen LogP contribution in [0.5, 0.6) is 0 Å². The van der Waals surface area contributed by atoms with E-state index < -0.39 is 11.9 Å². The molecule has 1 aromatic heterocycles. The van der Waals surface area contributed by atoms with E-state index in [2.05, 4.69) is 27.5 Å². The Kier molecular flexibility index (Phi) is 6.36. The molecule has 3 rings (SSSR count). The van der Waals surface area contributed by atoms with E-state index in [0.717, 1.165) is 38.4 Å². The predicted molar refractivity (Wildman–Crippen MR) is 101 cm³/mol. The quantitative estimate of drug-likeness (QED) is 0.749. The van der Waals surface area contributed by atoms with Crippen LogP contribution in [0.25, 0.3) is 0 Å². The van der Waals surface area contributed by atoms with E-state index in [1.807, 2.05) is 4.90 Å². The zero-order chi connectivity index (χ0) is 19.4. The van der Waals surface area contributed by atoms with E-state index >= 15 is 0 Å². The lowest BCUT2D eigenvalue weighted by Gasteiger charge is -2.31. The van der Waals surface area contributed by atoms with Crippen LogP contribution < -0.4 is 15.5 Å². The van der Waals surface area contributed by atoms with Gasteiger partial charge in [0.15, 0.2) is 10.8 Å². The molecule has 1 atom stereocenters. The fraction of sp³-hybridized carbons (Fsp3) is 0.706. The number of halogens is 3. The second-order valence-corrected chi connectivity index (χ2v) is 7.48. The number of hydrogen-bond acceptors (Lipinski definition) is 5. The zero-order valence-corrected chi connectivity index (χ0v) is 16.0.